The fourth-order valence-electron chi connectivity index (χ4n) is 1.35. The van der Waals surface area contributed by atoms with Crippen LogP contribution in [0.4, 0.5) is 5.69 Å². The predicted molar refractivity (Wildman–Crippen MR) is 76.7 cm³/mol. The highest BCUT2D eigenvalue weighted by Crippen LogP contribution is 2.14. The Kier molecular flexibility index (Phi) is 5.35. The molecule has 0 aliphatic rings. The lowest BCUT2D eigenvalue weighted by Crippen LogP contribution is -2.25. The van der Waals surface area contributed by atoms with Gasteiger partial charge in [0.05, 0.1) is 5.25 Å². The van der Waals surface area contributed by atoms with Crippen LogP contribution in [0.5, 0.6) is 0 Å². The number of sulfonamides is 1. The molecule has 0 bridgehead atoms. The third-order valence-electron chi connectivity index (χ3n) is 2.54. The first-order valence-electron chi connectivity index (χ1n) is 6.26. The van der Waals surface area contributed by atoms with Crippen LogP contribution in [0.2, 0.25) is 0 Å². The van der Waals surface area contributed by atoms with Crippen molar-refractivity contribution in [3.05, 3.63) is 29.8 Å². The summed E-state index contributed by atoms with van der Waals surface area (Å²) in [6.07, 6.45) is 0.853. The van der Waals surface area contributed by atoms with Crippen LogP contribution < -0.4 is 10.0 Å². The maximum Gasteiger partial charge on any atom is 0.251 e. The van der Waals surface area contributed by atoms with Gasteiger partial charge in [0.25, 0.3) is 5.91 Å². The van der Waals surface area contributed by atoms with Crippen LogP contribution in [0.25, 0.3) is 0 Å². The molecule has 2 N–H and O–H groups in total. The maximum absolute atomic E-state index is 11.8. The van der Waals surface area contributed by atoms with Crippen LogP contribution in [-0.4, -0.2) is 26.1 Å². The van der Waals surface area contributed by atoms with E-state index in [1.165, 1.54) is 6.07 Å². The SMILES string of the molecule is CCCNC(=O)c1cccc(NS(=O)(=O)C(C)C)c1. The van der Waals surface area contributed by atoms with Gasteiger partial charge in [-0.15, -0.1) is 0 Å². The molecular weight excluding hydrogens is 264 g/mol. The Morgan fingerprint density at radius 2 is 2.00 bits per heavy atom. The van der Waals surface area contributed by atoms with Crippen molar-refractivity contribution in [2.24, 2.45) is 0 Å². The van der Waals surface area contributed by atoms with E-state index in [9.17, 15) is 13.2 Å². The zero-order chi connectivity index (χ0) is 14.5. The first-order chi connectivity index (χ1) is 8.86. The summed E-state index contributed by atoms with van der Waals surface area (Å²) in [6.45, 7) is 5.76. The number of nitrogens with one attached hydrogen (secondary N) is 2. The fraction of sp³-hybridized carbons (Fsp3) is 0.462. The zero-order valence-electron chi connectivity index (χ0n) is 11.4. The summed E-state index contributed by atoms with van der Waals surface area (Å²) in [6, 6.07) is 6.46. The molecule has 0 heterocycles. The minimum atomic E-state index is -3.39. The minimum Gasteiger partial charge on any atom is -0.352 e. The van der Waals surface area contributed by atoms with Crippen molar-refractivity contribution < 1.29 is 13.2 Å². The molecule has 0 aliphatic carbocycles. The van der Waals surface area contributed by atoms with Gasteiger partial charge in [-0.25, -0.2) is 8.42 Å². The molecule has 19 heavy (non-hydrogen) atoms. The molecule has 0 spiro atoms. The van der Waals surface area contributed by atoms with E-state index in [1.54, 1.807) is 32.0 Å². The molecule has 6 heteroatoms. The number of amides is 1. The standard InChI is InChI=1S/C13H20N2O3S/c1-4-8-14-13(16)11-6-5-7-12(9-11)15-19(17,18)10(2)3/h5-7,9-10,15H,4,8H2,1-3H3,(H,14,16). The van der Waals surface area contributed by atoms with Crippen molar-refractivity contribution >= 4 is 21.6 Å². The molecule has 5 nitrogen and oxygen atoms in total. The van der Waals surface area contributed by atoms with E-state index in [0.29, 0.717) is 17.8 Å². The summed E-state index contributed by atoms with van der Waals surface area (Å²) in [5.41, 5.74) is 0.843. The lowest BCUT2D eigenvalue weighted by molar-refractivity contribution is 0.0953. The highest BCUT2D eigenvalue weighted by Gasteiger charge is 2.16. The van der Waals surface area contributed by atoms with Gasteiger partial charge in [0.2, 0.25) is 10.0 Å². The number of benzene rings is 1. The van der Waals surface area contributed by atoms with E-state index in [-0.39, 0.29) is 5.91 Å². The van der Waals surface area contributed by atoms with E-state index in [1.807, 2.05) is 6.92 Å². The summed E-state index contributed by atoms with van der Waals surface area (Å²) in [7, 11) is -3.39. The maximum atomic E-state index is 11.8. The summed E-state index contributed by atoms with van der Waals surface area (Å²) in [5.74, 6) is -0.201. The van der Waals surface area contributed by atoms with Crippen molar-refractivity contribution in [1.82, 2.24) is 5.32 Å². The Balaban J connectivity index is 2.86. The molecule has 0 aliphatic heterocycles. The van der Waals surface area contributed by atoms with Gasteiger partial charge >= 0.3 is 0 Å². The Morgan fingerprint density at radius 1 is 1.32 bits per heavy atom. The smallest absolute Gasteiger partial charge is 0.251 e. The van der Waals surface area contributed by atoms with E-state index >= 15 is 0 Å². The number of rotatable bonds is 6. The van der Waals surface area contributed by atoms with Crippen molar-refractivity contribution in [3.63, 3.8) is 0 Å². The van der Waals surface area contributed by atoms with Gasteiger partial charge in [0.15, 0.2) is 0 Å². The topological polar surface area (TPSA) is 75.3 Å². The highest BCUT2D eigenvalue weighted by atomic mass is 32.2. The number of carbonyl (C=O) groups is 1. The van der Waals surface area contributed by atoms with Crippen molar-refractivity contribution in [2.75, 3.05) is 11.3 Å². The number of anilines is 1. The third-order valence-corrected chi connectivity index (χ3v) is 4.30. The monoisotopic (exact) mass is 284 g/mol. The number of hydrogen-bond acceptors (Lipinski definition) is 3. The van der Waals surface area contributed by atoms with Crippen LogP contribution >= 0.6 is 0 Å². The van der Waals surface area contributed by atoms with Gasteiger partial charge < -0.3 is 5.32 Å². The quantitative estimate of drug-likeness (QED) is 0.838. The second kappa shape index (κ2) is 6.56. The first kappa shape index (κ1) is 15.5. The highest BCUT2D eigenvalue weighted by molar-refractivity contribution is 7.93. The minimum absolute atomic E-state index is 0.201. The second-order valence-electron chi connectivity index (χ2n) is 4.53. The van der Waals surface area contributed by atoms with Crippen LogP contribution in [0.3, 0.4) is 0 Å². The molecule has 1 aromatic carbocycles. The van der Waals surface area contributed by atoms with E-state index < -0.39 is 15.3 Å². The molecule has 1 amide bonds. The average molecular weight is 284 g/mol. The largest absolute Gasteiger partial charge is 0.352 e. The lowest BCUT2D eigenvalue weighted by atomic mass is 10.2. The first-order valence-corrected chi connectivity index (χ1v) is 7.81. The zero-order valence-corrected chi connectivity index (χ0v) is 12.3. The van der Waals surface area contributed by atoms with Gasteiger partial charge in [0, 0.05) is 17.8 Å². The van der Waals surface area contributed by atoms with Crippen LogP contribution in [-0.2, 0) is 10.0 Å². The molecule has 0 fully saturated rings. The third kappa shape index (κ3) is 4.55. The molecule has 0 unspecified atom stereocenters. The Morgan fingerprint density at radius 3 is 2.58 bits per heavy atom. The molecule has 1 aromatic rings. The average Bonchev–Trinajstić information content (AvgIpc) is 2.35. The number of hydrogen-bond donors (Lipinski definition) is 2. The molecule has 0 aromatic heterocycles. The Hall–Kier alpha value is -1.56. The molecule has 0 saturated carbocycles. The van der Waals surface area contributed by atoms with Crippen molar-refractivity contribution in [2.45, 2.75) is 32.4 Å². The molecule has 1 rings (SSSR count). The molecule has 0 radical (unpaired) electrons. The fourth-order valence-corrected chi connectivity index (χ4v) is 2.04. The van der Waals surface area contributed by atoms with E-state index in [0.717, 1.165) is 6.42 Å². The van der Waals surface area contributed by atoms with Crippen LogP contribution in [0, 0.1) is 0 Å². The summed E-state index contributed by atoms with van der Waals surface area (Å²) in [4.78, 5) is 11.8. The van der Waals surface area contributed by atoms with Gasteiger partial charge in [-0.1, -0.05) is 13.0 Å². The van der Waals surface area contributed by atoms with E-state index in [2.05, 4.69) is 10.0 Å². The van der Waals surface area contributed by atoms with Gasteiger partial charge in [-0.3, -0.25) is 9.52 Å². The molecule has 106 valence electrons. The molecule has 0 atom stereocenters. The number of carbonyl (C=O) groups excluding carboxylic acids is 1. The van der Waals surface area contributed by atoms with Gasteiger partial charge in [-0.05, 0) is 38.5 Å². The predicted octanol–water partition coefficient (Wildman–Crippen LogP) is 1.98. The lowest BCUT2D eigenvalue weighted by Gasteiger charge is -2.11. The molecule has 0 saturated heterocycles. The molecular formula is C13H20N2O3S. The van der Waals surface area contributed by atoms with Crippen molar-refractivity contribution in [1.29, 1.82) is 0 Å². The Bertz CT molecular complexity index is 539. The summed E-state index contributed by atoms with van der Waals surface area (Å²) in [5, 5.41) is 2.22. The van der Waals surface area contributed by atoms with Crippen LogP contribution in [0.15, 0.2) is 24.3 Å². The van der Waals surface area contributed by atoms with Gasteiger partial charge in [-0.2, -0.15) is 0 Å². The Labute approximate surface area is 114 Å². The van der Waals surface area contributed by atoms with Crippen LogP contribution in [0.1, 0.15) is 37.6 Å². The summed E-state index contributed by atoms with van der Waals surface area (Å²) >= 11 is 0. The van der Waals surface area contributed by atoms with E-state index in [4.69, 9.17) is 0 Å². The summed E-state index contributed by atoms with van der Waals surface area (Å²) < 4.78 is 25.9. The second-order valence-corrected chi connectivity index (χ2v) is 6.77. The van der Waals surface area contributed by atoms with Gasteiger partial charge in [0.1, 0.15) is 0 Å². The van der Waals surface area contributed by atoms with Crippen molar-refractivity contribution in [3.8, 4) is 0 Å². The normalized spacial score (nSPS) is 11.4.